The summed E-state index contributed by atoms with van der Waals surface area (Å²) < 4.78 is 25.9. The highest BCUT2D eigenvalue weighted by atomic mass is 19.1. The number of halogens is 1. The zero-order valence-electron chi connectivity index (χ0n) is 17.3. The largest absolute Gasteiger partial charge is 0.440 e. The average Bonchev–Trinajstić information content (AvgIpc) is 3.22. The molecule has 9 heteroatoms. The molecule has 1 aliphatic rings. The van der Waals surface area contributed by atoms with Crippen LogP contribution in [0.15, 0.2) is 46.0 Å². The predicted molar refractivity (Wildman–Crippen MR) is 116 cm³/mol. The average molecular weight is 424 g/mol. The van der Waals surface area contributed by atoms with Crippen molar-refractivity contribution >= 4 is 23.1 Å². The maximum Gasteiger partial charge on any atom is 0.198 e. The van der Waals surface area contributed by atoms with E-state index < -0.39 is 5.82 Å². The summed E-state index contributed by atoms with van der Waals surface area (Å²) in [6, 6.07) is 9.96. The molecule has 1 saturated heterocycles. The first-order valence-corrected chi connectivity index (χ1v) is 10.2. The van der Waals surface area contributed by atoms with Gasteiger partial charge in [0.15, 0.2) is 11.5 Å². The van der Waals surface area contributed by atoms with Crippen molar-refractivity contribution in [3.05, 3.63) is 48.1 Å². The fourth-order valence-corrected chi connectivity index (χ4v) is 3.95. The predicted octanol–water partition coefficient (Wildman–Crippen LogP) is 4.82. The van der Waals surface area contributed by atoms with Gasteiger partial charge in [0.2, 0.25) is 0 Å². The molecule has 0 radical (unpaired) electrons. The summed E-state index contributed by atoms with van der Waals surface area (Å²) >= 11 is 0. The van der Waals surface area contributed by atoms with Gasteiger partial charge < -0.3 is 14.1 Å². The van der Waals surface area contributed by atoms with Crippen molar-refractivity contribution in [3.8, 4) is 11.1 Å². The number of aromatic nitrogens is 1. The first kappa shape index (κ1) is 21.1. The van der Waals surface area contributed by atoms with Gasteiger partial charge in [-0.3, -0.25) is 5.41 Å². The molecular formula is C22H25FN6O2. The minimum Gasteiger partial charge on any atom is -0.440 e. The van der Waals surface area contributed by atoms with Crippen LogP contribution in [0.25, 0.3) is 22.2 Å². The first-order chi connectivity index (χ1) is 15.1. The van der Waals surface area contributed by atoms with Crippen LogP contribution in [-0.4, -0.2) is 49.6 Å². The number of hydrogen-bond donors (Lipinski definition) is 2. The third kappa shape index (κ3) is 4.47. The lowest BCUT2D eigenvalue weighted by molar-refractivity contribution is 0.127. The molecule has 1 fully saturated rings. The van der Waals surface area contributed by atoms with E-state index in [-0.39, 0.29) is 5.92 Å². The number of nitrogens with zero attached hydrogens (tertiary/aromatic N) is 4. The first-order valence-electron chi connectivity index (χ1n) is 10.2. The highest BCUT2D eigenvalue weighted by molar-refractivity contribution is 5.82. The van der Waals surface area contributed by atoms with E-state index in [0.717, 1.165) is 56.3 Å². The van der Waals surface area contributed by atoms with Gasteiger partial charge in [-0.15, -0.1) is 0 Å². The normalized spacial score (nSPS) is 15.3. The maximum absolute atomic E-state index is 14.7. The van der Waals surface area contributed by atoms with Crippen LogP contribution in [-0.2, 0) is 4.74 Å². The molecule has 2 N–H and O–H groups in total. The SMILES string of the molecule is COCCN1CCC(c2nc3cc(-c4ccc(N(C=N)N=N)cc4F)ccc3o2)CC1. The Balaban J connectivity index is 1.53. The van der Waals surface area contributed by atoms with E-state index in [1.54, 1.807) is 19.2 Å². The zero-order chi connectivity index (χ0) is 21.8. The molecule has 1 aliphatic heterocycles. The van der Waals surface area contributed by atoms with Crippen LogP contribution in [0.4, 0.5) is 10.1 Å². The van der Waals surface area contributed by atoms with Crippen LogP contribution in [0.5, 0.6) is 0 Å². The lowest BCUT2D eigenvalue weighted by Gasteiger charge is -2.30. The lowest BCUT2D eigenvalue weighted by Crippen LogP contribution is -2.35. The molecule has 0 bridgehead atoms. The summed E-state index contributed by atoms with van der Waals surface area (Å²) in [7, 11) is 1.72. The van der Waals surface area contributed by atoms with E-state index in [9.17, 15) is 4.39 Å². The minimum absolute atomic E-state index is 0.284. The Hall–Kier alpha value is -3.17. The molecule has 3 aromatic rings. The Morgan fingerprint density at radius 1 is 1.29 bits per heavy atom. The molecule has 162 valence electrons. The molecule has 0 spiro atoms. The molecule has 31 heavy (non-hydrogen) atoms. The monoisotopic (exact) mass is 424 g/mol. The van der Waals surface area contributed by atoms with E-state index in [0.29, 0.717) is 27.9 Å². The van der Waals surface area contributed by atoms with Crippen LogP contribution < -0.4 is 5.01 Å². The van der Waals surface area contributed by atoms with Gasteiger partial charge in [-0.25, -0.2) is 14.4 Å². The van der Waals surface area contributed by atoms with E-state index in [1.165, 1.54) is 6.07 Å². The van der Waals surface area contributed by atoms with Crippen molar-refractivity contribution in [1.29, 1.82) is 10.9 Å². The molecule has 8 nitrogen and oxygen atoms in total. The van der Waals surface area contributed by atoms with Crippen LogP contribution >= 0.6 is 0 Å². The highest BCUT2D eigenvalue weighted by Gasteiger charge is 2.24. The van der Waals surface area contributed by atoms with Crippen molar-refractivity contribution in [2.45, 2.75) is 18.8 Å². The summed E-state index contributed by atoms with van der Waals surface area (Å²) in [6.45, 7) is 3.67. The summed E-state index contributed by atoms with van der Waals surface area (Å²) in [5.74, 6) is 0.568. The topological polar surface area (TPSA) is 102 Å². The number of hydrogen-bond acceptors (Lipinski definition) is 7. The fraction of sp³-hybridized carbons (Fsp3) is 0.364. The summed E-state index contributed by atoms with van der Waals surface area (Å²) in [5.41, 5.74) is 9.87. The number of fused-ring (bicyclic) bond motifs is 1. The third-order valence-electron chi connectivity index (χ3n) is 5.71. The summed E-state index contributed by atoms with van der Waals surface area (Å²) in [6.07, 6.45) is 2.83. The summed E-state index contributed by atoms with van der Waals surface area (Å²) in [4.78, 5) is 7.09. The Kier molecular flexibility index (Phi) is 6.34. The second kappa shape index (κ2) is 9.32. The molecular weight excluding hydrogens is 399 g/mol. The lowest BCUT2D eigenvalue weighted by atomic mass is 9.97. The van der Waals surface area contributed by atoms with Crippen molar-refractivity contribution in [3.63, 3.8) is 0 Å². The standard InChI is InChI=1S/C22H25FN6O2/c1-30-11-10-28-8-6-15(7-9-28)22-26-20-12-16(2-5-21(20)31-22)18-4-3-17(13-19(18)23)29(14-24)27-25/h2-5,12-15,24-25H,6-11H2,1H3. The zero-order valence-corrected chi connectivity index (χ0v) is 17.3. The van der Waals surface area contributed by atoms with Gasteiger partial charge >= 0.3 is 0 Å². The van der Waals surface area contributed by atoms with E-state index in [1.807, 2.05) is 18.2 Å². The smallest absolute Gasteiger partial charge is 0.198 e. The second-order valence-electron chi connectivity index (χ2n) is 7.58. The van der Waals surface area contributed by atoms with E-state index >= 15 is 0 Å². The molecule has 0 unspecified atom stereocenters. The van der Waals surface area contributed by atoms with E-state index in [2.05, 4.69) is 10.1 Å². The number of anilines is 1. The van der Waals surface area contributed by atoms with Crippen molar-refractivity contribution in [2.75, 3.05) is 38.4 Å². The van der Waals surface area contributed by atoms with E-state index in [4.69, 9.17) is 25.1 Å². The molecule has 2 heterocycles. The van der Waals surface area contributed by atoms with Gasteiger partial charge in [0, 0.05) is 31.2 Å². The van der Waals surface area contributed by atoms with Crippen LogP contribution in [0, 0.1) is 16.8 Å². The Labute approximate surface area is 179 Å². The minimum atomic E-state index is -0.459. The quantitative estimate of drug-likeness (QED) is 0.234. The number of piperidine rings is 1. The van der Waals surface area contributed by atoms with Crippen molar-refractivity contribution in [2.24, 2.45) is 5.22 Å². The third-order valence-corrected chi connectivity index (χ3v) is 5.71. The van der Waals surface area contributed by atoms with Gasteiger partial charge in [-0.2, -0.15) is 5.53 Å². The highest BCUT2D eigenvalue weighted by Crippen LogP contribution is 2.33. The van der Waals surface area contributed by atoms with Crippen molar-refractivity contribution in [1.82, 2.24) is 9.88 Å². The number of rotatable bonds is 8. The van der Waals surface area contributed by atoms with Gasteiger partial charge in [0.25, 0.3) is 0 Å². The molecule has 0 aliphatic carbocycles. The van der Waals surface area contributed by atoms with Gasteiger partial charge in [-0.05, 0) is 55.8 Å². The number of methoxy groups -OCH3 is 1. The maximum atomic E-state index is 14.7. The molecule has 0 saturated carbocycles. The van der Waals surface area contributed by atoms with Crippen LogP contribution in [0.2, 0.25) is 0 Å². The fourth-order valence-electron chi connectivity index (χ4n) is 3.95. The van der Waals surface area contributed by atoms with Gasteiger partial charge in [0.05, 0.1) is 12.3 Å². The number of benzene rings is 2. The second-order valence-corrected chi connectivity index (χ2v) is 7.58. The molecule has 4 rings (SSSR count). The number of nitrogens with one attached hydrogen (secondary N) is 2. The molecule has 1 aromatic heterocycles. The van der Waals surface area contributed by atoms with Crippen LogP contribution in [0.1, 0.15) is 24.7 Å². The Bertz CT molecular complexity index is 1070. The van der Waals surface area contributed by atoms with Crippen molar-refractivity contribution < 1.29 is 13.5 Å². The van der Waals surface area contributed by atoms with Gasteiger partial charge in [0.1, 0.15) is 17.7 Å². The Morgan fingerprint density at radius 3 is 2.77 bits per heavy atom. The summed E-state index contributed by atoms with van der Waals surface area (Å²) in [5, 5.41) is 11.4. The number of ether oxygens (including phenoxy) is 1. The molecule has 0 atom stereocenters. The Morgan fingerprint density at radius 2 is 2.10 bits per heavy atom. The van der Waals surface area contributed by atoms with Gasteiger partial charge in [-0.1, -0.05) is 11.3 Å². The van der Waals surface area contributed by atoms with Crippen LogP contribution in [0.3, 0.4) is 0 Å². The number of likely N-dealkylation sites (tertiary alicyclic amines) is 1. The number of oxazole rings is 1. The molecule has 2 aromatic carbocycles. The molecule has 0 amide bonds.